The fourth-order valence-corrected chi connectivity index (χ4v) is 0.705. The molecule has 1 amide bonds. The first-order chi connectivity index (χ1) is 6.38. The average Bonchev–Trinajstić information content (AvgIpc) is 2.02. The summed E-state index contributed by atoms with van der Waals surface area (Å²) < 4.78 is 38.4. The lowest BCUT2D eigenvalue weighted by atomic mass is 10.3. The Kier molecular flexibility index (Phi) is 2.59. The molecule has 76 valence electrons. The Balaban J connectivity index is 2.79. The maximum atomic E-state index is 11.6. The monoisotopic (exact) mass is 206 g/mol. The molecule has 0 saturated carbocycles. The third-order valence-electron chi connectivity index (χ3n) is 1.24. The van der Waals surface area contributed by atoms with E-state index >= 15 is 0 Å². The molecule has 0 saturated heterocycles. The number of nitrogens with two attached hydrogens (primary N) is 1. The number of nitrogens with zero attached hydrogens (tertiary/aromatic N) is 1. The summed E-state index contributed by atoms with van der Waals surface area (Å²) in [5.41, 5.74) is 4.86. The van der Waals surface area contributed by atoms with Gasteiger partial charge < -0.3 is 10.5 Å². The summed E-state index contributed by atoms with van der Waals surface area (Å²) in [6.07, 6.45) is -3.88. The molecule has 0 atom stereocenters. The Morgan fingerprint density at radius 3 is 2.43 bits per heavy atom. The van der Waals surface area contributed by atoms with E-state index in [1.807, 2.05) is 0 Å². The van der Waals surface area contributed by atoms with Crippen molar-refractivity contribution in [3.63, 3.8) is 0 Å². The molecule has 1 aromatic heterocycles. The number of ether oxygens (including phenoxy) is 1. The van der Waals surface area contributed by atoms with Crippen LogP contribution < -0.4 is 10.5 Å². The molecule has 0 bridgehead atoms. The van der Waals surface area contributed by atoms with Crippen LogP contribution in [0.25, 0.3) is 0 Å². The molecule has 0 radical (unpaired) electrons. The summed E-state index contributed by atoms with van der Waals surface area (Å²) in [6.45, 7) is 0. The first-order valence-electron chi connectivity index (χ1n) is 3.40. The van der Waals surface area contributed by atoms with E-state index in [2.05, 4.69) is 9.72 Å². The van der Waals surface area contributed by atoms with E-state index < -0.39 is 18.1 Å². The van der Waals surface area contributed by atoms with Gasteiger partial charge >= 0.3 is 6.36 Å². The van der Waals surface area contributed by atoms with Crippen LogP contribution >= 0.6 is 0 Å². The molecule has 7 heteroatoms. The van der Waals surface area contributed by atoms with Crippen LogP contribution in [0.3, 0.4) is 0 Å². The summed E-state index contributed by atoms with van der Waals surface area (Å²) in [5, 5.41) is 0. The van der Waals surface area contributed by atoms with Gasteiger partial charge in [0.2, 0.25) is 11.8 Å². The number of aromatic nitrogens is 1. The molecular formula is C7H5F3N2O2. The van der Waals surface area contributed by atoms with Crippen molar-refractivity contribution >= 4 is 5.91 Å². The second-order valence-corrected chi connectivity index (χ2v) is 2.30. The van der Waals surface area contributed by atoms with Gasteiger partial charge in [-0.2, -0.15) is 0 Å². The number of carbonyl (C=O) groups is 1. The minimum Gasteiger partial charge on any atom is -0.388 e. The number of carbonyl (C=O) groups excluding carboxylic acids is 1. The Bertz CT molecular complexity index is 334. The van der Waals surface area contributed by atoms with Crippen LogP contribution in [0.15, 0.2) is 18.3 Å². The van der Waals surface area contributed by atoms with Gasteiger partial charge in [-0.1, -0.05) is 0 Å². The third kappa shape index (κ3) is 2.92. The zero-order valence-electron chi connectivity index (χ0n) is 6.71. The van der Waals surface area contributed by atoms with E-state index in [1.54, 1.807) is 0 Å². The second-order valence-electron chi connectivity index (χ2n) is 2.30. The van der Waals surface area contributed by atoms with Crippen LogP contribution in [0.4, 0.5) is 13.2 Å². The highest BCUT2D eigenvalue weighted by molar-refractivity contribution is 5.92. The van der Waals surface area contributed by atoms with E-state index in [9.17, 15) is 18.0 Å². The SMILES string of the molecule is NC(=O)c1ccc(OC(F)(F)F)nc1. The minimum atomic E-state index is -4.79. The molecule has 0 unspecified atom stereocenters. The Hall–Kier alpha value is -1.79. The van der Waals surface area contributed by atoms with Crippen molar-refractivity contribution in [1.82, 2.24) is 4.98 Å². The van der Waals surface area contributed by atoms with Crippen LogP contribution in [0.5, 0.6) is 5.88 Å². The highest BCUT2D eigenvalue weighted by Gasteiger charge is 2.31. The lowest BCUT2D eigenvalue weighted by Crippen LogP contribution is -2.18. The smallest absolute Gasteiger partial charge is 0.388 e. The van der Waals surface area contributed by atoms with E-state index in [1.165, 1.54) is 0 Å². The number of hydrogen-bond acceptors (Lipinski definition) is 3. The van der Waals surface area contributed by atoms with Gasteiger partial charge in [-0.3, -0.25) is 4.79 Å². The molecule has 1 rings (SSSR count). The summed E-state index contributed by atoms with van der Waals surface area (Å²) >= 11 is 0. The maximum absolute atomic E-state index is 11.6. The molecule has 1 heterocycles. The number of hydrogen-bond donors (Lipinski definition) is 1. The predicted octanol–water partition coefficient (Wildman–Crippen LogP) is 1.08. The quantitative estimate of drug-likeness (QED) is 0.787. The molecule has 0 fully saturated rings. The molecule has 1 aromatic rings. The van der Waals surface area contributed by atoms with Crippen molar-refractivity contribution < 1.29 is 22.7 Å². The van der Waals surface area contributed by atoms with Crippen molar-refractivity contribution in [1.29, 1.82) is 0 Å². The van der Waals surface area contributed by atoms with Gasteiger partial charge in [0.05, 0.1) is 5.56 Å². The van der Waals surface area contributed by atoms with Gasteiger partial charge in [0.15, 0.2) is 0 Å². The highest BCUT2D eigenvalue weighted by atomic mass is 19.4. The van der Waals surface area contributed by atoms with Crippen molar-refractivity contribution in [2.45, 2.75) is 6.36 Å². The Labute approximate surface area is 76.5 Å². The largest absolute Gasteiger partial charge is 0.574 e. The summed E-state index contributed by atoms with van der Waals surface area (Å²) in [6, 6.07) is 2.00. The van der Waals surface area contributed by atoms with E-state index in [4.69, 9.17) is 5.73 Å². The second kappa shape index (κ2) is 3.52. The number of pyridine rings is 1. The van der Waals surface area contributed by atoms with E-state index in [0.29, 0.717) is 0 Å². The summed E-state index contributed by atoms with van der Waals surface area (Å²) in [4.78, 5) is 13.8. The van der Waals surface area contributed by atoms with Crippen LogP contribution in [-0.2, 0) is 0 Å². The molecule has 0 aromatic carbocycles. The maximum Gasteiger partial charge on any atom is 0.574 e. The minimum absolute atomic E-state index is 0.0134. The number of primary amides is 1. The number of amides is 1. The van der Waals surface area contributed by atoms with E-state index in [0.717, 1.165) is 18.3 Å². The molecule has 0 spiro atoms. The summed E-state index contributed by atoms with van der Waals surface area (Å²) in [7, 11) is 0. The fourth-order valence-electron chi connectivity index (χ4n) is 0.705. The standard InChI is InChI=1S/C7H5F3N2O2/c8-7(9,10)14-5-2-1-4(3-12-5)6(11)13/h1-3H,(H2,11,13). The molecule has 0 aliphatic heterocycles. The fraction of sp³-hybridized carbons (Fsp3) is 0.143. The molecule has 4 nitrogen and oxygen atoms in total. The lowest BCUT2D eigenvalue weighted by Gasteiger charge is -2.07. The highest BCUT2D eigenvalue weighted by Crippen LogP contribution is 2.20. The molecular weight excluding hydrogens is 201 g/mol. The van der Waals surface area contributed by atoms with Gasteiger partial charge in [0.1, 0.15) is 0 Å². The van der Waals surface area contributed by atoms with Crippen molar-refractivity contribution in [2.24, 2.45) is 5.73 Å². The van der Waals surface area contributed by atoms with Gasteiger partial charge in [-0.05, 0) is 6.07 Å². The zero-order valence-corrected chi connectivity index (χ0v) is 6.71. The van der Waals surface area contributed by atoms with Crippen molar-refractivity contribution in [2.75, 3.05) is 0 Å². The van der Waals surface area contributed by atoms with Crippen LogP contribution in [0, 0.1) is 0 Å². The summed E-state index contributed by atoms with van der Waals surface area (Å²) in [5.74, 6) is -1.40. The first-order valence-corrected chi connectivity index (χ1v) is 3.40. The molecule has 2 N–H and O–H groups in total. The average molecular weight is 206 g/mol. The Morgan fingerprint density at radius 2 is 2.07 bits per heavy atom. The van der Waals surface area contributed by atoms with Crippen molar-refractivity contribution in [3.05, 3.63) is 23.9 Å². The normalized spacial score (nSPS) is 11.1. The lowest BCUT2D eigenvalue weighted by molar-refractivity contribution is -0.276. The number of halogens is 3. The van der Waals surface area contributed by atoms with Gasteiger partial charge in [-0.25, -0.2) is 4.98 Å². The molecule has 14 heavy (non-hydrogen) atoms. The predicted molar refractivity (Wildman–Crippen MR) is 39.4 cm³/mol. The number of alkyl halides is 3. The third-order valence-corrected chi connectivity index (χ3v) is 1.24. The van der Waals surface area contributed by atoms with Crippen molar-refractivity contribution in [3.8, 4) is 5.88 Å². The van der Waals surface area contributed by atoms with Crippen LogP contribution in [0.2, 0.25) is 0 Å². The Morgan fingerprint density at radius 1 is 1.43 bits per heavy atom. The van der Waals surface area contributed by atoms with Gasteiger partial charge in [0.25, 0.3) is 0 Å². The zero-order chi connectivity index (χ0) is 10.8. The topological polar surface area (TPSA) is 65.2 Å². The van der Waals surface area contributed by atoms with Gasteiger partial charge in [0, 0.05) is 12.3 Å². The molecule has 0 aliphatic carbocycles. The van der Waals surface area contributed by atoms with Crippen LogP contribution in [-0.4, -0.2) is 17.3 Å². The first kappa shape index (κ1) is 10.3. The van der Waals surface area contributed by atoms with Crippen LogP contribution in [0.1, 0.15) is 10.4 Å². The number of rotatable bonds is 2. The molecule has 0 aliphatic rings. The van der Waals surface area contributed by atoms with Gasteiger partial charge in [-0.15, -0.1) is 13.2 Å². The van der Waals surface area contributed by atoms with E-state index in [-0.39, 0.29) is 5.56 Å².